The van der Waals surface area contributed by atoms with Crippen LogP contribution >= 0.6 is 0 Å². The first-order valence-corrected chi connectivity index (χ1v) is 11.0. The van der Waals surface area contributed by atoms with Crippen LogP contribution in [0.5, 0.6) is 0 Å². The summed E-state index contributed by atoms with van der Waals surface area (Å²) in [5.74, 6) is -0.601. The highest BCUT2D eigenvalue weighted by molar-refractivity contribution is 7.92. The summed E-state index contributed by atoms with van der Waals surface area (Å²) < 4.78 is 30.1. The number of sulfonamides is 1. The molecule has 9 heteroatoms. The molecule has 0 atom stereocenters. The Morgan fingerprint density at radius 2 is 1.55 bits per heavy atom. The molecule has 3 rings (SSSR count). The van der Waals surface area contributed by atoms with Gasteiger partial charge in [0, 0.05) is 35.6 Å². The maximum Gasteiger partial charge on any atom is 0.251 e. The molecule has 0 aliphatic carbocycles. The van der Waals surface area contributed by atoms with Crippen molar-refractivity contribution in [3.63, 3.8) is 0 Å². The molecule has 1 aliphatic heterocycles. The van der Waals surface area contributed by atoms with Gasteiger partial charge in [0.15, 0.2) is 5.78 Å². The molecule has 29 heavy (non-hydrogen) atoms. The lowest BCUT2D eigenvalue weighted by atomic mass is 10.1. The molecular weight excluding hydrogens is 394 g/mol. The third-order valence-corrected chi connectivity index (χ3v) is 5.03. The quantitative estimate of drug-likeness (QED) is 0.662. The van der Waals surface area contributed by atoms with Crippen molar-refractivity contribution >= 4 is 33.1 Å². The summed E-state index contributed by atoms with van der Waals surface area (Å²) in [5.41, 5.74) is 2.26. The van der Waals surface area contributed by atoms with E-state index in [0.717, 1.165) is 25.0 Å². The number of amides is 1. The Bertz CT molecular complexity index is 966. The number of rotatable bonds is 7. The molecule has 1 heterocycles. The highest BCUT2D eigenvalue weighted by Crippen LogP contribution is 2.17. The fourth-order valence-corrected chi connectivity index (χ4v) is 3.51. The maximum absolute atomic E-state index is 12.4. The highest BCUT2D eigenvalue weighted by Gasteiger charge is 2.13. The van der Waals surface area contributed by atoms with E-state index in [1.54, 1.807) is 12.1 Å². The van der Waals surface area contributed by atoms with Crippen molar-refractivity contribution in [3.05, 3.63) is 59.7 Å². The van der Waals surface area contributed by atoms with Crippen molar-refractivity contribution in [1.29, 1.82) is 0 Å². The Morgan fingerprint density at radius 1 is 0.966 bits per heavy atom. The Kier molecular flexibility index (Phi) is 6.50. The summed E-state index contributed by atoms with van der Waals surface area (Å²) in [4.78, 5) is 26.8. The Morgan fingerprint density at radius 3 is 2.14 bits per heavy atom. The van der Waals surface area contributed by atoms with Crippen LogP contribution in [0.4, 0.5) is 11.4 Å². The fourth-order valence-electron chi connectivity index (χ4n) is 2.95. The maximum atomic E-state index is 12.4. The molecule has 154 valence electrons. The van der Waals surface area contributed by atoms with Gasteiger partial charge in [0.1, 0.15) is 0 Å². The molecule has 0 spiro atoms. The third kappa shape index (κ3) is 6.03. The van der Waals surface area contributed by atoms with Crippen molar-refractivity contribution in [3.8, 4) is 0 Å². The first-order chi connectivity index (χ1) is 13.8. The number of carbonyl (C=O) groups is 2. The molecule has 0 radical (unpaired) electrons. The van der Waals surface area contributed by atoms with Crippen LogP contribution in [0.15, 0.2) is 48.5 Å². The second kappa shape index (κ2) is 9.06. The van der Waals surface area contributed by atoms with Crippen LogP contribution in [0.1, 0.15) is 20.7 Å². The number of hydrogen-bond acceptors (Lipinski definition) is 6. The molecule has 1 saturated heterocycles. The normalized spacial score (nSPS) is 14.3. The lowest BCUT2D eigenvalue weighted by Gasteiger charge is -2.28. The molecule has 2 N–H and O–H groups in total. The highest BCUT2D eigenvalue weighted by atomic mass is 32.2. The van der Waals surface area contributed by atoms with Crippen molar-refractivity contribution in [2.45, 2.75) is 0 Å². The number of anilines is 2. The number of ether oxygens (including phenoxy) is 1. The van der Waals surface area contributed by atoms with E-state index in [2.05, 4.69) is 14.9 Å². The smallest absolute Gasteiger partial charge is 0.251 e. The lowest BCUT2D eigenvalue weighted by Crippen LogP contribution is -2.36. The number of benzene rings is 2. The number of nitrogens with zero attached hydrogens (tertiary/aromatic N) is 1. The number of ketones is 1. The predicted molar refractivity (Wildman–Crippen MR) is 111 cm³/mol. The van der Waals surface area contributed by atoms with E-state index < -0.39 is 15.9 Å². The average molecular weight is 417 g/mol. The second-order valence-electron chi connectivity index (χ2n) is 6.70. The van der Waals surface area contributed by atoms with E-state index in [9.17, 15) is 18.0 Å². The van der Waals surface area contributed by atoms with E-state index in [1.165, 1.54) is 24.3 Å². The largest absolute Gasteiger partial charge is 0.378 e. The molecule has 2 aromatic carbocycles. The molecular formula is C20H23N3O5S. The van der Waals surface area contributed by atoms with Crippen molar-refractivity contribution < 1.29 is 22.7 Å². The van der Waals surface area contributed by atoms with Crippen molar-refractivity contribution in [2.75, 3.05) is 48.7 Å². The standard InChI is InChI=1S/C20H23N3O5S/c1-29(26,27)22-17-6-2-16(3-7-17)20(25)21-14-19(24)15-4-8-18(9-5-15)23-10-12-28-13-11-23/h2-9,22H,10-14H2,1H3,(H,21,25). The van der Waals surface area contributed by atoms with Gasteiger partial charge in [-0.3, -0.25) is 14.3 Å². The van der Waals surface area contributed by atoms with Gasteiger partial charge >= 0.3 is 0 Å². The summed E-state index contributed by atoms with van der Waals surface area (Å²) in [6.07, 6.45) is 1.05. The minimum atomic E-state index is -3.38. The van der Waals surface area contributed by atoms with Crippen LogP contribution < -0.4 is 14.9 Å². The van der Waals surface area contributed by atoms with Crippen LogP contribution in [0, 0.1) is 0 Å². The van der Waals surface area contributed by atoms with Gasteiger partial charge in [-0.2, -0.15) is 0 Å². The van der Waals surface area contributed by atoms with Gasteiger partial charge in [-0.05, 0) is 48.5 Å². The summed E-state index contributed by atoms with van der Waals surface area (Å²) >= 11 is 0. The summed E-state index contributed by atoms with van der Waals surface area (Å²) in [7, 11) is -3.38. The minimum Gasteiger partial charge on any atom is -0.378 e. The number of morpholine rings is 1. The van der Waals surface area contributed by atoms with Gasteiger partial charge in [0.05, 0.1) is 26.0 Å². The fraction of sp³-hybridized carbons (Fsp3) is 0.300. The van der Waals surface area contributed by atoms with Crippen LogP contribution in [0.2, 0.25) is 0 Å². The Balaban J connectivity index is 1.53. The number of nitrogens with one attached hydrogen (secondary N) is 2. The molecule has 1 amide bonds. The van der Waals surface area contributed by atoms with Gasteiger partial charge < -0.3 is 15.0 Å². The molecule has 0 bridgehead atoms. The van der Waals surface area contributed by atoms with E-state index in [-0.39, 0.29) is 12.3 Å². The number of Topliss-reactive ketones (excluding diaryl/α,β-unsaturated/α-hetero) is 1. The number of carbonyl (C=O) groups excluding carboxylic acids is 2. The van der Waals surface area contributed by atoms with E-state index in [1.807, 2.05) is 12.1 Å². The average Bonchev–Trinajstić information content (AvgIpc) is 2.72. The van der Waals surface area contributed by atoms with Gasteiger partial charge in [0.25, 0.3) is 5.91 Å². The zero-order valence-electron chi connectivity index (χ0n) is 16.1. The van der Waals surface area contributed by atoms with Crippen LogP contribution in [0.3, 0.4) is 0 Å². The van der Waals surface area contributed by atoms with Crippen LogP contribution in [-0.4, -0.2) is 59.2 Å². The van der Waals surface area contributed by atoms with Crippen molar-refractivity contribution in [2.24, 2.45) is 0 Å². The SMILES string of the molecule is CS(=O)(=O)Nc1ccc(C(=O)NCC(=O)c2ccc(N3CCOCC3)cc2)cc1. The molecule has 1 aliphatic rings. The predicted octanol–water partition coefficient (Wildman–Crippen LogP) is 1.51. The van der Waals surface area contributed by atoms with Crippen molar-refractivity contribution in [1.82, 2.24) is 5.32 Å². The number of hydrogen-bond donors (Lipinski definition) is 2. The Labute approximate surface area is 169 Å². The summed E-state index contributed by atoms with van der Waals surface area (Å²) in [6, 6.07) is 13.3. The molecule has 8 nitrogen and oxygen atoms in total. The molecule has 2 aromatic rings. The van der Waals surface area contributed by atoms with E-state index in [0.29, 0.717) is 30.0 Å². The second-order valence-corrected chi connectivity index (χ2v) is 8.45. The van der Waals surface area contributed by atoms with Crippen LogP contribution in [0.25, 0.3) is 0 Å². The zero-order chi connectivity index (χ0) is 20.9. The summed E-state index contributed by atoms with van der Waals surface area (Å²) in [5, 5.41) is 2.59. The van der Waals surface area contributed by atoms with Gasteiger partial charge in [-0.1, -0.05) is 0 Å². The van der Waals surface area contributed by atoms with Gasteiger partial charge in [-0.25, -0.2) is 8.42 Å². The van der Waals surface area contributed by atoms with Gasteiger partial charge in [-0.15, -0.1) is 0 Å². The molecule has 1 fully saturated rings. The topological polar surface area (TPSA) is 105 Å². The molecule has 0 unspecified atom stereocenters. The molecule has 0 aromatic heterocycles. The lowest BCUT2D eigenvalue weighted by molar-refractivity contribution is 0.0904. The van der Waals surface area contributed by atoms with Crippen LogP contribution in [-0.2, 0) is 14.8 Å². The minimum absolute atomic E-state index is 0.126. The van der Waals surface area contributed by atoms with E-state index >= 15 is 0 Å². The summed E-state index contributed by atoms with van der Waals surface area (Å²) in [6.45, 7) is 2.90. The first-order valence-electron chi connectivity index (χ1n) is 9.14. The van der Waals surface area contributed by atoms with Gasteiger partial charge in [0.2, 0.25) is 10.0 Å². The zero-order valence-corrected chi connectivity index (χ0v) is 16.9. The van der Waals surface area contributed by atoms with E-state index in [4.69, 9.17) is 4.74 Å². The first kappa shape index (κ1) is 20.8. The Hall–Kier alpha value is -2.91. The third-order valence-electron chi connectivity index (χ3n) is 4.43. The monoisotopic (exact) mass is 417 g/mol. The molecule has 0 saturated carbocycles.